The van der Waals surface area contributed by atoms with E-state index in [0.717, 1.165) is 24.3 Å². The van der Waals surface area contributed by atoms with Gasteiger partial charge in [-0.3, -0.25) is 4.98 Å². The molecule has 2 N–H and O–H groups in total. The highest BCUT2D eigenvalue weighted by atomic mass is 16.2. The number of carbonyl (C=O) groups is 1. The van der Waals surface area contributed by atoms with Crippen molar-refractivity contribution in [2.45, 2.75) is 13.0 Å². The van der Waals surface area contributed by atoms with Gasteiger partial charge < -0.3 is 15.5 Å². The van der Waals surface area contributed by atoms with Crippen LogP contribution in [0.15, 0.2) is 54.7 Å². The normalized spacial score (nSPS) is 10.0. The van der Waals surface area contributed by atoms with E-state index in [4.69, 9.17) is 0 Å². The molecule has 1 aromatic heterocycles. The summed E-state index contributed by atoms with van der Waals surface area (Å²) >= 11 is 0. The Morgan fingerprint density at radius 3 is 2.64 bits per heavy atom. The summed E-state index contributed by atoms with van der Waals surface area (Å²) in [5.74, 6) is 0. The summed E-state index contributed by atoms with van der Waals surface area (Å²) in [7, 11) is 1.80. The lowest BCUT2D eigenvalue weighted by molar-refractivity contribution is 0.208. The van der Waals surface area contributed by atoms with Crippen molar-refractivity contribution in [2.24, 2.45) is 0 Å². The molecule has 0 aliphatic heterocycles. The van der Waals surface area contributed by atoms with Crippen molar-refractivity contribution in [1.29, 1.82) is 0 Å². The number of rotatable bonds is 7. The lowest BCUT2D eigenvalue weighted by Gasteiger charge is -2.18. The van der Waals surface area contributed by atoms with Gasteiger partial charge in [0, 0.05) is 32.0 Å². The molecule has 0 saturated heterocycles. The van der Waals surface area contributed by atoms with E-state index in [9.17, 15) is 4.79 Å². The van der Waals surface area contributed by atoms with Gasteiger partial charge in [-0.05, 0) is 30.7 Å². The van der Waals surface area contributed by atoms with Crippen LogP contribution in [0.3, 0.4) is 0 Å². The Morgan fingerprint density at radius 2 is 1.91 bits per heavy atom. The van der Waals surface area contributed by atoms with Crippen molar-refractivity contribution in [2.75, 3.05) is 25.5 Å². The van der Waals surface area contributed by atoms with E-state index in [1.165, 1.54) is 0 Å². The first-order chi connectivity index (χ1) is 10.8. The van der Waals surface area contributed by atoms with Crippen molar-refractivity contribution in [3.63, 3.8) is 0 Å². The van der Waals surface area contributed by atoms with E-state index in [1.54, 1.807) is 18.1 Å². The number of nitrogens with zero attached hydrogens (tertiary/aromatic N) is 2. The number of para-hydroxylation sites is 1. The highest BCUT2D eigenvalue weighted by Gasteiger charge is 2.07. The van der Waals surface area contributed by atoms with Crippen LogP contribution in [0.4, 0.5) is 10.5 Å². The first kappa shape index (κ1) is 15.8. The zero-order chi connectivity index (χ0) is 15.6. The molecule has 5 heteroatoms. The summed E-state index contributed by atoms with van der Waals surface area (Å²) in [5, 5.41) is 6.19. The molecule has 0 saturated carbocycles. The number of aromatic nitrogens is 1. The highest BCUT2D eigenvalue weighted by Crippen LogP contribution is 2.04. The first-order valence-electron chi connectivity index (χ1n) is 7.43. The molecule has 22 heavy (non-hydrogen) atoms. The lowest BCUT2D eigenvalue weighted by atomic mass is 10.3. The fraction of sp³-hybridized carbons (Fsp3) is 0.294. The number of amides is 2. The maximum absolute atomic E-state index is 11.9. The number of urea groups is 1. The van der Waals surface area contributed by atoms with Crippen molar-refractivity contribution in [1.82, 2.24) is 15.2 Å². The van der Waals surface area contributed by atoms with Gasteiger partial charge in [0.15, 0.2) is 0 Å². The van der Waals surface area contributed by atoms with Gasteiger partial charge in [0.1, 0.15) is 0 Å². The van der Waals surface area contributed by atoms with Gasteiger partial charge >= 0.3 is 6.03 Å². The summed E-state index contributed by atoms with van der Waals surface area (Å²) < 4.78 is 0. The van der Waals surface area contributed by atoms with Crippen molar-refractivity contribution >= 4 is 11.7 Å². The largest absolute Gasteiger partial charge is 0.385 e. The van der Waals surface area contributed by atoms with Crippen LogP contribution in [0.2, 0.25) is 0 Å². The third-order valence-electron chi connectivity index (χ3n) is 3.27. The van der Waals surface area contributed by atoms with Crippen molar-refractivity contribution in [3.05, 3.63) is 60.4 Å². The Morgan fingerprint density at radius 1 is 1.14 bits per heavy atom. The predicted molar refractivity (Wildman–Crippen MR) is 88.7 cm³/mol. The number of nitrogens with one attached hydrogen (secondary N) is 2. The molecule has 0 atom stereocenters. The standard InChI is InChI=1S/C17H22N4O/c1-21(13-7-12-18-15-8-3-2-4-9-15)17(22)20-14-16-10-5-6-11-19-16/h2-6,8-11,18H,7,12-14H2,1H3,(H,20,22). The van der Waals surface area contributed by atoms with E-state index in [1.807, 2.05) is 48.5 Å². The fourth-order valence-corrected chi connectivity index (χ4v) is 2.01. The Labute approximate surface area is 131 Å². The highest BCUT2D eigenvalue weighted by molar-refractivity contribution is 5.73. The molecule has 0 spiro atoms. The van der Waals surface area contributed by atoms with E-state index in [2.05, 4.69) is 15.6 Å². The van der Waals surface area contributed by atoms with Crippen molar-refractivity contribution < 1.29 is 4.79 Å². The molecule has 1 heterocycles. The van der Waals surface area contributed by atoms with Crippen LogP contribution in [-0.2, 0) is 6.54 Å². The quantitative estimate of drug-likeness (QED) is 0.773. The van der Waals surface area contributed by atoms with Crippen molar-refractivity contribution in [3.8, 4) is 0 Å². The molecule has 0 aliphatic rings. The number of hydrogen-bond acceptors (Lipinski definition) is 3. The second-order valence-electron chi connectivity index (χ2n) is 5.05. The van der Waals surface area contributed by atoms with E-state index in [0.29, 0.717) is 13.1 Å². The van der Waals surface area contributed by atoms with Gasteiger partial charge in [-0.2, -0.15) is 0 Å². The van der Waals surface area contributed by atoms with Crippen LogP contribution in [-0.4, -0.2) is 36.1 Å². The summed E-state index contributed by atoms with van der Waals surface area (Å²) in [6.45, 7) is 1.99. The molecule has 2 rings (SSSR count). The van der Waals surface area contributed by atoms with Crippen LogP contribution in [0.25, 0.3) is 0 Å². The Hall–Kier alpha value is -2.56. The van der Waals surface area contributed by atoms with Crippen LogP contribution < -0.4 is 10.6 Å². The second kappa shape index (κ2) is 8.67. The molecule has 0 unspecified atom stereocenters. The number of pyridine rings is 1. The molecule has 1 aromatic carbocycles. The molecule has 0 radical (unpaired) electrons. The Bertz CT molecular complexity index is 559. The van der Waals surface area contributed by atoms with E-state index >= 15 is 0 Å². The summed E-state index contributed by atoms with van der Waals surface area (Å²) in [5.41, 5.74) is 1.96. The monoisotopic (exact) mass is 298 g/mol. The van der Waals surface area contributed by atoms with Crippen LogP contribution in [0.1, 0.15) is 12.1 Å². The lowest BCUT2D eigenvalue weighted by Crippen LogP contribution is -2.38. The molecule has 0 fully saturated rings. The first-order valence-corrected chi connectivity index (χ1v) is 7.43. The number of anilines is 1. The van der Waals surface area contributed by atoms with Crippen LogP contribution in [0, 0.1) is 0 Å². The minimum absolute atomic E-state index is 0.0784. The predicted octanol–water partition coefficient (Wildman–Crippen LogP) is 2.73. The molecule has 0 bridgehead atoms. The Balaban J connectivity index is 1.62. The molecule has 2 aromatic rings. The minimum atomic E-state index is -0.0784. The van der Waals surface area contributed by atoms with Gasteiger partial charge in [0.05, 0.1) is 12.2 Å². The molecular formula is C17H22N4O. The third-order valence-corrected chi connectivity index (χ3v) is 3.27. The Kier molecular flexibility index (Phi) is 6.23. The van der Waals surface area contributed by atoms with Gasteiger partial charge in [0.2, 0.25) is 0 Å². The number of hydrogen-bond donors (Lipinski definition) is 2. The molecular weight excluding hydrogens is 276 g/mol. The van der Waals surface area contributed by atoms with Gasteiger partial charge in [-0.1, -0.05) is 24.3 Å². The SMILES string of the molecule is CN(CCCNc1ccccc1)C(=O)NCc1ccccn1. The van der Waals surface area contributed by atoms with Crippen LogP contribution in [0.5, 0.6) is 0 Å². The summed E-state index contributed by atoms with van der Waals surface area (Å²) in [6.07, 6.45) is 2.61. The summed E-state index contributed by atoms with van der Waals surface area (Å²) in [4.78, 5) is 17.8. The maximum atomic E-state index is 11.9. The van der Waals surface area contributed by atoms with Gasteiger partial charge in [-0.15, -0.1) is 0 Å². The topological polar surface area (TPSA) is 57.3 Å². The minimum Gasteiger partial charge on any atom is -0.385 e. The molecule has 116 valence electrons. The smallest absolute Gasteiger partial charge is 0.317 e. The van der Waals surface area contributed by atoms with E-state index in [-0.39, 0.29) is 6.03 Å². The van der Waals surface area contributed by atoms with Gasteiger partial charge in [-0.25, -0.2) is 4.79 Å². The molecule has 2 amide bonds. The molecule has 5 nitrogen and oxygen atoms in total. The van der Waals surface area contributed by atoms with E-state index < -0.39 is 0 Å². The fourth-order valence-electron chi connectivity index (χ4n) is 2.01. The second-order valence-corrected chi connectivity index (χ2v) is 5.05. The number of benzene rings is 1. The maximum Gasteiger partial charge on any atom is 0.317 e. The molecule has 0 aliphatic carbocycles. The number of carbonyl (C=O) groups excluding carboxylic acids is 1. The third kappa shape index (κ3) is 5.44. The average Bonchev–Trinajstić information content (AvgIpc) is 2.58. The average molecular weight is 298 g/mol. The van der Waals surface area contributed by atoms with Gasteiger partial charge in [0.25, 0.3) is 0 Å². The van der Waals surface area contributed by atoms with Crippen LogP contribution >= 0.6 is 0 Å². The zero-order valence-corrected chi connectivity index (χ0v) is 12.8. The zero-order valence-electron chi connectivity index (χ0n) is 12.8. The summed E-state index contributed by atoms with van der Waals surface area (Å²) in [6, 6.07) is 15.6.